The molecule has 0 spiro atoms. The largest absolute Gasteiger partial charge is 0.325 e. The van der Waals surface area contributed by atoms with Gasteiger partial charge in [0.25, 0.3) is 0 Å². The number of carbonyl (C=O) groups excluding carboxylic acids is 1. The van der Waals surface area contributed by atoms with Crippen LogP contribution in [0.2, 0.25) is 0 Å². The number of amides is 1. The first-order valence-corrected chi connectivity index (χ1v) is 8.24. The van der Waals surface area contributed by atoms with Crippen LogP contribution in [0.3, 0.4) is 0 Å². The molecule has 0 atom stereocenters. The highest BCUT2D eigenvalue weighted by Crippen LogP contribution is 2.15. The first-order valence-electron chi connectivity index (χ1n) is 5.62. The van der Waals surface area contributed by atoms with E-state index in [0.717, 1.165) is 4.47 Å². The number of nitrogens with one attached hydrogen (secondary N) is 1. The average Bonchev–Trinajstić information content (AvgIpc) is 2.11. The Kier molecular flexibility index (Phi) is 5.11. The lowest BCUT2D eigenvalue weighted by Crippen LogP contribution is -2.42. The highest BCUT2D eigenvalue weighted by molar-refractivity contribution is 9.10. The van der Waals surface area contributed by atoms with E-state index >= 15 is 0 Å². The van der Waals surface area contributed by atoms with Gasteiger partial charge in [-0.1, -0.05) is 22.0 Å². The van der Waals surface area contributed by atoms with Crippen molar-refractivity contribution < 1.29 is 13.2 Å². The van der Waals surface area contributed by atoms with Gasteiger partial charge < -0.3 is 11.1 Å². The van der Waals surface area contributed by atoms with E-state index in [0.29, 0.717) is 5.69 Å². The van der Waals surface area contributed by atoms with Crippen molar-refractivity contribution in [1.82, 2.24) is 0 Å². The molecule has 1 amide bonds. The van der Waals surface area contributed by atoms with E-state index in [1.165, 1.54) is 0 Å². The van der Waals surface area contributed by atoms with E-state index in [4.69, 9.17) is 5.73 Å². The minimum absolute atomic E-state index is 0.230. The van der Waals surface area contributed by atoms with Gasteiger partial charge in [0, 0.05) is 15.7 Å². The minimum atomic E-state index is -3.52. The summed E-state index contributed by atoms with van der Waals surface area (Å²) in [5, 5.41) is 2.54. The number of hydrogen-bond donors (Lipinski definition) is 2. The van der Waals surface area contributed by atoms with Crippen LogP contribution in [0.5, 0.6) is 0 Å². The lowest BCUT2D eigenvalue weighted by Gasteiger charge is -2.17. The molecule has 0 heterocycles. The van der Waals surface area contributed by atoms with Crippen LogP contribution in [-0.2, 0) is 14.6 Å². The normalized spacial score (nSPS) is 12.2. The molecule has 7 heteroatoms. The van der Waals surface area contributed by atoms with Crippen LogP contribution < -0.4 is 11.1 Å². The molecule has 0 saturated carbocycles. The van der Waals surface area contributed by atoms with E-state index in [9.17, 15) is 13.2 Å². The summed E-state index contributed by atoms with van der Waals surface area (Å²) in [6.45, 7) is 3.22. The molecule has 1 rings (SSSR count). The molecule has 1 aromatic rings. The number of nitrogens with two attached hydrogens (primary N) is 1. The molecule has 1 aromatic carbocycles. The number of benzene rings is 1. The van der Waals surface area contributed by atoms with Gasteiger partial charge in [-0.05, 0) is 32.0 Å². The van der Waals surface area contributed by atoms with Crippen molar-refractivity contribution in [2.24, 2.45) is 5.73 Å². The van der Waals surface area contributed by atoms with Gasteiger partial charge in [0.05, 0.1) is 5.75 Å². The van der Waals surface area contributed by atoms with E-state index in [-0.39, 0.29) is 5.75 Å². The third kappa shape index (κ3) is 6.70. The second-order valence-electron chi connectivity index (χ2n) is 5.08. The first kappa shape index (κ1) is 16.1. The van der Waals surface area contributed by atoms with Crippen LogP contribution in [0.15, 0.2) is 28.7 Å². The summed E-state index contributed by atoms with van der Waals surface area (Å²) >= 11 is 3.27. The van der Waals surface area contributed by atoms with E-state index in [2.05, 4.69) is 21.2 Å². The molecule has 0 aliphatic heterocycles. The van der Waals surface area contributed by atoms with Crippen molar-refractivity contribution in [1.29, 1.82) is 0 Å². The number of hydrogen-bond acceptors (Lipinski definition) is 4. The molecule has 0 fully saturated rings. The fourth-order valence-electron chi connectivity index (χ4n) is 1.58. The predicted molar refractivity (Wildman–Crippen MR) is 79.7 cm³/mol. The van der Waals surface area contributed by atoms with E-state index < -0.39 is 27.0 Å². The zero-order valence-corrected chi connectivity index (χ0v) is 13.2. The standard InChI is InChI=1S/C12H17BrN2O3S/c1-12(2,14)8-19(17,18)7-11(16)15-10-5-3-4-9(13)6-10/h3-6H,7-8,14H2,1-2H3,(H,15,16). The fourth-order valence-corrected chi connectivity index (χ4v) is 3.69. The molecule has 0 bridgehead atoms. The maximum atomic E-state index is 11.8. The van der Waals surface area contributed by atoms with E-state index in [1.807, 2.05) is 6.07 Å². The Morgan fingerprint density at radius 1 is 1.42 bits per heavy atom. The van der Waals surface area contributed by atoms with Crippen molar-refractivity contribution in [3.63, 3.8) is 0 Å². The third-order valence-electron chi connectivity index (χ3n) is 2.05. The van der Waals surface area contributed by atoms with Crippen LogP contribution in [-0.4, -0.2) is 31.4 Å². The van der Waals surface area contributed by atoms with Crippen LogP contribution in [0.1, 0.15) is 13.8 Å². The number of rotatable bonds is 5. The van der Waals surface area contributed by atoms with Crippen molar-refractivity contribution in [3.05, 3.63) is 28.7 Å². The maximum absolute atomic E-state index is 11.8. The van der Waals surface area contributed by atoms with Crippen molar-refractivity contribution in [3.8, 4) is 0 Å². The fraction of sp³-hybridized carbons (Fsp3) is 0.417. The molecule has 0 radical (unpaired) electrons. The van der Waals surface area contributed by atoms with Crippen LogP contribution in [0.25, 0.3) is 0 Å². The van der Waals surface area contributed by atoms with Gasteiger partial charge in [0.2, 0.25) is 5.91 Å². The van der Waals surface area contributed by atoms with Gasteiger partial charge in [-0.15, -0.1) is 0 Å². The lowest BCUT2D eigenvalue weighted by molar-refractivity contribution is -0.113. The number of halogens is 1. The Labute approximate surface area is 121 Å². The van der Waals surface area contributed by atoms with Crippen molar-refractivity contribution in [2.45, 2.75) is 19.4 Å². The summed E-state index contributed by atoms with van der Waals surface area (Å²) in [6, 6.07) is 6.93. The molecule has 0 aromatic heterocycles. The van der Waals surface area contributed by atoms with Gasteiger partial charge >= 0.3 is 0 Å². The molecule has 5 nitrogen and oxygen atoms in total. The molecule has 0 aliphatic rings. The summed E-state index contributed by atoms with van der Waals surface area (Å²) < 4.78 is 24.3. The van der Waals surface area contributed by atoms with Crippen molar-refractivity contribution >= 4 is 37.4 Å². The maximum Gasteiger partial charge on any atom is 0.239 e. The van der Waals surface area contributed by atoms with Crippen LogP contribution >= 0.6 is 15.9 Å². The van der Waals surface area contributed by atoms with Gasteiger partial charge in [-0.2, -0.15) is 0 Å². The molecule has 106 valence electrons. The molecular formula is C12H17BrN2O3S. The highest BCUT2D eigenvalue weighted by atomic mass is 79.9. The molecular weight excluding hydrogens is 332 g/mol. The third-order valence-corrected chi connectivity index (χ3v) is 4.43. The van der Waals surface area contributed by atoms with Gasteiger partial charge in [0.1, 0.15) is 5.75 Å². The zero-order valence-electron chi connectivity index (χ0n) is 10.8. The quantitative estimate of drug-likeness (QED) is 0.844. The first-order chi connectivity index (χ1) is 8.57. The predicted octanol–water partition coefficient (Wildman–Crippen LogP) is 1.54. The summed E-state index contributed by atoms with van der Waals surface area (Å²) in [6.07, 6.45) is 0. The summed E-state index contributed by atoms with van der Waals surface area (Å²) in [7, 11) is -3.52. The Morgan fingerprint density at radius 3 is 2.58 bits per heavy atom. The smallest absolute Gasteiger partial charge is 0.239 e. The Hall–Kier alpha value is -0.920. The van der Waals surface area contributed by atoms with Crippen molar-refractivity contribution in [2.75, 3.05) is 16.8 Å². The minimum Gasteiger partial charge on any atom is -0.325 e. The summed E-state index contributed by atoms with van der Waals surface area (Å²) in [4.78, 5) is 11.7. The Balaban J connectivity index is 2.66. The second kappa shape index (κ2) is 6.02. The van der Waals surface area contributed by atoms with Gasteiger partial charge in [-0.3, -0.25) is 4.79 Å². The highest BCUT2D eigenvalue weighted by Gasteiger charge is 2.24. The SMILES string of the molecule is CC(C)(N)CS(=O)(=O)CC(=O)Nc1cccc(Br)c1. The summed E-state index contributed by atoms with van der Waals surface area (Å²) in [5.41, 5.74) is 5.34. The van der Waals surface area contributed by atoms with Crippen LogP contribution in [0.4, 0.5) is 5.69 Å². The van der Waals surface area contributed by atoms with Crippen LogP contribution in [0, 0.1) is 0 Å². The number of sulfone groups is 1. The molecule has 0 aliphatic carbocycles. The zero-order chi connectivity index (χ0) is 14.7. The number of anilines is 1. The Morgan fingerprint density at radius 2 is 2.05 bits per heavy atom. The van der Waals surface area contributed by atoms with Gasteiger partial charge in [0.15, 0.2) is 9.84 Å². The molecule has 0 saturated heterocycles. The topological polar surface area (TPSA) is 89.3 Å². The monoisotopic (exact) mass is 348 g/mol. The van der Waals surface area contributed by atoms with Gasteiger partial charge in [-0.25, -0.2) is 8.42 Å². The summed E-state index contributed by atoms with van der Waals surface area (Å²) in [5.74, 6) is -1.37. The molecule has 19 heavy (non-hydrogen) atoms. The number of carbonyl (C=O) groups is 1. The average molecular weight is 349 g/mol. The molecule has 0 unspecified atom stereocenters. The molecule has 3 N–H and O–H groups in total. The Bertz CT molecular complexity index is 565. The lowest BCUT2D eigenvalue weighted by atomic mass is 10.1. The van der Waals surface area contributed by atoms with E-state index in [1.54, 1.807) is 32.0 Å². The second-order valence-corrected chi connectivity index (χ2v) is 8.06.